The number of aliphatic imine (C=N–C) groups is 1. The van der Waals surface area contributed by atoms with Gasteiger partial charge in [-0.25, -0.2) is 0 Å². The molecule has 1 saturated heterocycles. The van der Waals surface area contributed by atoms with E-state index in [2.05, 4.69) is 57.6 Å². The summed E-state index contributed by atoms with van der Waals surface area (Å²) in [5, 5.41) is 11.5. The van der Waals surface area contributed by atoms with Crippen LogP contribution in [-0.2, 0) is 13.0 Å². The van der Waals surface area contributed by atoms with Gasteiger partial charge in [0.15, 0.2) is 5.96 Å². The van der Waals surface area contributed by atoms with E-state index in [9.17, 15) is 0 Å². The maximum atomic E-state index is 4.81. The van der Waals surface area contributed by atoms with Crippen molar-refractivity contribution in [1.29, 1.82) is 0 Å². The standard InChI is InChI=1S/C17H33N7/c1-5-16-21-20-14-24(16)8-7-19-17(18-6-2)23-11-9-22(10-12-23)13-15(3)4/h14-15H,5-13H2,1-4H3,(H,18,19). The van der Waals surface area contributed by atoms with E-state index in [0.717, 1.165) is 69.9 Å². The van der Waals surface area contributed by atoms with Crippen LogP contribution in [0.15, 0.2) is 11.3 Å². The van der Waals surface area contributed by atoms with Crippen LogP contribution in [-0.4, -0.2) is 76.3 Å². The van der Waals surface area contributed by atoms with Crippen molar-refractivity contribution in [2.75, 3.05) is 45.8 Å². The minimum Gasteiger partial charge on any atom is -0.357 e. The number of rotatable bonds is 7. The van der Waals surface area contributed by atoms with Gasteiger partial charge in [0.1, 0.15) is 12.2 Å². The first kappa shape index (κ1) is 18.7. The van der Waals surface area contributed by atoms with Crippen LogP contribution in [0.5, 0.6) is 0 Å². The average molecular weight is 336 g/mol. The Kier molecular flexibility index (Phi) is 7.49. The molecule has 1 aliphatic rings. The van der Waals surface area contributed by atoms with Crippen molar-refractivity contribution < 1.29 is 0 Å². The number of aryl methyl sites for hydroxylation is 1. The summed E-state index contributed by atoms with van der Waals surface area (Å²) < 4.78 is 2.09. The van der Waals surface area contributed by atoms with Crippen LogP contribution in [0.2, 0.25) is 0 Å². The van der Waals surface area contributed by atoms with Crippen LogP contribution in [0, 0.1) is 5.92 Å². The molecule has 1 aromatic heterocycles. The Bertz CT molecular complexity index is 501. The maximum Gasteiger partial charge on any atom is 0.194 e. The second kappa shape index (κ2) is 9.61. The number of nitrogens with one attached hydrogen (secondary N) is 1. The van der Waals surface area contributed by atoms with Crippen LogP contribution >= 0.6 is 0 Å². The first-order valence-corrected chi connectivity index (χ1v) is 9.26. The molecule has 1 aliphatic heterocycles. The Hall–Kier alpha value is -1.63. The molecule has 0 bridgehead atoms. The molecule has 1 aromatic rings. The zero-order valence-corrected chi connectivity index (χ0v) is 15.7. The highest BCUT2D eigenvalue weighted by Crippen LogP contribution is 2.06. The van der Waals surface area contributed by atoms with Crippen molar-refractivity contribution in [1.82, 2.24) is 29.9 Å². The van der Waals surface area contributed by atoms with Gasteiger partial charge in [-0.2, -0.15) is 0 Å². The lowest BCUT2D eigenvalue weighted by atomic mass is 10.2. The van der Waals surface area contributed by atoms with Gasteiger partial charge in [-0.15, -0.1) is 10.2 Å². The quantitative estimate of drug-likeness (QED) is 0.597. The number of aromatic nitrogens is 3. The fraction of sp³-hybridized carbons (Fsp3) is 0.824. The molecular formula is C17H33N7. The molecule has 136 valence electrons. The van der Waals surface area contributed by atoms with Gasteiger partial charge in [0.25, 0.3) is 0 Å². The van der Waals surface area contributed by atoms with E-state index in [1.807, 2.05) is 0 Å². The number of hydrogen-bond donors (Lipinski definition) is 1. The molecule has 1 N–H and O–H groups in total. The SMILES string of the molecule is CCNC(=NCCn1cnnc1CC)N1CCN(CC(C)C)CC1. The molecule has 2 rings (SSSR count). The van der Waals surface area contributed by atoms with Crippen LogP contribution < -0.4 is 5.32 Å². The molecule has 0 aliphatic carbocycles. The van der Waals surface area contributed by atoms with E-state index in [-0.39, 0.29) is 0 Å². The smallest absolute Gasteiger partial charge is 0.194 e. The molecule has 0 spiro atoms. The zero-order valence-electron chi connectivity index (χ0n) is 15.7. The highest BCUT2D eigenvalue weighted by atomic mass is 15.3. The first-order chi connectivity index (χ1) is 11.6. The van der Waals surface area contributed by atoms with Crippen molar-refractivity contribution in [2.45, 2.75) is 40.7 Å². The Morgan fingerprint density at radius 1 is 1.25 bits per heavy atom. The molecule has 2 heterocycles. The van der Waals surface area contributed by atoms with Crippen LogP contribution in [0.3, 0.4) is 0 Å². The summed E-state index contributed by atoms with van der Waals surface area (Å²) in [6.07, 6.45) is 2.70. The second-order valence-corrected chi connectivity index (χ2v) is 6.71. The van der Waals surface area contributed by atoms with Gasteiger partial charge in [-0.1, -0.05) is 20.8 Å². The number of hydrogen-bond acceptors (Lipinski definition) is 4. The molecule has 7 nitrogen and oxygen atoms in total. The molecule has 24 heavy (non-hydrogen) atoms. The highest BCUT2D eigenvalue weighted by Gasteiger charge is 2.19. The monoisotopic (exact) mass is 335 g/mol. The Morgan fingerprint density at radius 3 is 2.62 bits per heavy atom. The number of nitrogens with zero attached hydrogens (tertiary/aromatic N) is 6. The molecule has 1 fully saturated rings. The second-order valence-electron chi connectivity index (χ2n) is 6.71. The van der Waals surface area contributed by atoms with Gasteiger partial charge < -0.3 is 14.8 Å². The molecule has 0 amide bonds. The van der Waals surface area contributed by atoms with Gasteiger partial charge in [0, 0.05) is 52.2 Å². The van der Waals surface area contributed by atoms with Crippen molar-refractivity contribution in [2.24, 2.45) is 10.9 Å². The van der Waals surface area contributed by atoms with Crippen molar-refractivity contribution in [3.05, 3.63) is 12.2 Å². The average Bonchev–Trinajstić information content (AvgIpc) is 3.02. The topological polar surface area (TPSA) is 61.6 Å². The van der Waals surface area contributed by atoms with Gasteiger partial charge in [0.05, 0.1) is 6.54 Å². The summed E-state index contributed by atoms with van der Waals surface area (Å²) in [6, 6.07) is 0. The predicted molar refractivity (Wildman–Crippen MR) is 98.2 cm³/mol. The van der Waals surface area contributed by atoms with Crippen molar-refractivity contribution in [3.8, 4) is 0 Å². The Labute approximate surface area is 146 Å². The van der Waals surface area contributed by atoms with Crippen molar-refractivity contribution in [3.63, 3.8) is 0 Å². The number of piperazine rings is 1. The number of guanidine groups is 1. The minimum atomic E-state index is 0.731. The van der Waals surface area contributed by atoms with Gasteiger partial charge in [-0.3, -0.25) is 9.89 Å². The fourth-order valence-corrected chi connectivity index (χ4v) is 3.09. The van der Waals surface area contributed by atoms with Gasteiger partial charge in [0.2, 0.25) is 0 Å². The Morgan fingerprint density at radius 2 is 2.00 bits per heavy atom. The zero-order chi connectivity index (χ0) is 17.4. The first-order valence-electron chi connectivity index (χ1n) is 9.26. The third-order valence-electron chi connectivity index (χ3n) is 4.24. The summed E-state index contributed by atoms with van der Waals surface area (Å²) in [5.41, 5.74) is 0. The summed E-state index contributed by atoms with van der Waals surface area (Å²) in [6.45, 7) is 16.8. The van der Waals surface area contributed by atoms with Gasteiger partial charge in [-0.05, 0) is 12.8 Å². The van der Waals surface area contributed by atoms with Crippen LogP contribution in [0.4, 0.5) is 0 Å². The van der Waals surface area contributed by atoms with E-state index in [0.29, 0.717) is 0 Å². The van der Waals surface area contributed by atoms with Crippen LogP contribution in [0.1, 0.15) is 33.5 Å². The van der Waals surface area contributed by atoms with Crippen molar-refractivity contribution >= 4 is 5.96 Å². The van der Waals surface area contributed by atoms with E-state index in [1.165, 1.54) is 6.54 Å². The molecule has 7 heteroatoms. The summed E-state index contributed by atoms with van der Waals surface area (Å²) in [5.74, 6) is 2.79. The maximum absolute atomic E-state index is 4.81. The van der Waals surface area contributed by atoms with Gasteiger partial charge >= 0.3 is 0 Å². The lowest BCUT2D eigenvalue weighted by Gasteiger charge is -2.37. The predicted octanol–water partition coefficient (Wildman–Crippen LogP) is 1.08. The molecule has 0 atom stereocenters. The largest absolute Gasteiger partial charge is 0.357 e. The Balaban J connectivity index is 1.87. The third-order valence-corrected chi connectivity index (χ3v) is 4.24. The minimum absolute atomic E-state index is 0.731. The molecule has 0 aromatic carbocycles. The fourth-order valence-electron chi connectivity index (χ4n) is 3.09. The third kappa shape index (κ3) is 5.47. The van der Waals surface area contributed by atoms with E-state index in [4.69, 9.17) is 4.99 Å². The van der Waals surface area contributed by atoms with Crippen LogP contribution in [0.25, 0.3) is 0 Å². The summed E-state index contributed by atoms with van der Waals surface area (Å²) >= 11 is 0. The highest BCUT2D eigenvalue weighted by molar-refractivity contribution is 5.80. The van der Waals surface area contributed by atoms with E-state index < -0.39 is 0 Å². The normalized spacial score (nSPS) is 16.9. The summed E-state index contributed by atoms with van der Waals surface area (Å²) in [4.78, 5) is 9.74. The van der Waals surface area contributed by atoms with E-state index in [1.54, 1.807) is 6.33 Å². The summed E-state index contributed by atoms with van der Waals surface area (Å²) in [7, 11) is 0. The lowest BCUT2D eigenvalue weighted by Crippen LogP contribution is -2.53. The molecule has 0 radical (unpaired) electrons. The molecule has 0 unspecified atom stereocenters. The molecule has 0 saturated carbocycles. The lowest BCUT2D eigenvalue weighted by molar-refractivity contribution is 0.164. The molecular weight excluding hydrogens is 302 g/mol. The van der Waals surface area contributed by atoms with E-state index >= 15 is 0 Å².